The van der Waals surface area contributed by atoms with Crippen molar-refractivity contribution < 1.29 is 8.42 Å². The molecule has 2 N–H and O–H groups in total. The van der Waals surface area contributed by atoms with Crippen molar-refractivity contribution in [3.05, 3.63) is 118 Å². The Kier molecular flexibility index (Phi) is 14.1. The van der Waals surface area contributed by atoms with Gasteiger partial charge < -0.3 is 14.7 Å². The van der Waals surface area contributed by atoms with Crippen molar-refractivity contribution in [2.45, 2.75) is 80.1 Å². The van der Waals surface area contributed by atoms with Crippen LogP contribution in [0.4, 0.5) is 17.1 Å². The fourth-order valence-corrected chi connectivity index (χ4v) is 7.34. The molecule has 48 heavy (non-hydrogen) atoms. The highest BCUT2D eigenvalue weighted by Gasteiger charge is 2.25. The van der Waals surface area contributed by atoms with Crippen LogP contribution in [0.5, 0.6) is 0 Å². The predicted octanol–water partition coefficient (Wildman–Crippen LogP) is 8.97. The zero-order valence-corrected chi connectivity index (χ0v) is 31.8. The third kappa shape index (κ3) is 9.20. The molecule has 0 aromatic heterocycles. The molecular formula is C41H58N4O2S. The third-order valence-electron chi connectivity index (χ3n) is 9.51. The van der Waals surface area contributed by atoms with Gasteiger partial charge in [-0.2, -0.15) is 0 Å². The minimum Gasteiger partial charge on any atom is -0.372 e. The van der Waals surface area contributed by atoms with Crippen LogP contribution in [0.1, 0.15) is 86.4 Å². The molecule has 0 unspecified atom stereocenters. The first-order valence-corrected chi connectivity index (χ1v) is 19.0. The Labute approximate surface area is 291 Å². The molecule has 0 saturated carbocycles. The van der Waals surface area contributed by atoms with E-state index in [0.29, 0.717) is 5.56 Å². The van der Waals surface area contributed by atoms with Crippen molar-refractivity contribution >= 4 is 27.1 Å². The topological polar surface area (TPSA) is 69.9 Å². The first-order valence-electron chi connectivity index (χ1n) is 17.5. The smallest absolute Gasteiger partial charge is 0.238 e. The van der Waals surface area contributed by atoms with Crippen molar-refractivity contribution in [3.8, 4) is 0 Å². The molecule has 0 radical (unpaired) electrons. The number of primary sulfonamides is 1. The molecule has 4 aromatic carbocycles. The standard InChI is InChI=1S/C34H49N3.C7H9NO2S/c1-10-35(11-2)28-19-16-25(7)31(22-28)34(32-23-29(20-17-26(32)8)36(12-3)13-4)33-24-30(21-18-27(33)9)37(14-5)15-6;1-6-4-2-3-5-7(6)11(8,9)10/h16-24,34H,10-15H2,1-9H3;2-5H,1H3,(H2,8,9,10). The molecule has 0 heterocycles. The molecule has 0 atom stereocenters. The Morgan fingerprint density at radius 2 is 0.812 bits per heavy atom. The average Bonchev–Trinajstić information content (AvgIpc) is 3.06. The summed E-state index contributed by atoms with van der Waals surface area (Å²) in [6.07, 6.45) is 0. The number of nitrogens with zero attached hydrogens (tertiary/aromatic N) is 3. The Bertz CT molecular complexity index is 1590. The summed E-state index contributed by atoms with van der Waals surface area (Å²) in [6, 6.07) is 27.8. The zero-order valence-electron chi connectivity index (χ0n) is 31.0. The van der Waals surface area contributed by atoms with Gasteiger partial charge in [0.15, 0.2) is 0 Å². The lowest BCUT2D eigenvalue weighted by atomic mass is 9.79. The number of anilines is 3. The number of benzene rings is 4. The van der Waals surface area contributed by atoms with Gasteiger partial charge in [-0.15, -0.1) is 0 Å². The molecule has 4 aromatic rings. The van der Waals surface area contributed by atoms with E-state index in [1.165, 1.54) is 56.5 Å². The molecule has 0 aliphatic heterocycles. The quantitative estimate of drug-likeness (QED) is 0.144. The van der Waals surface area contributed by atoms with E-state index in [9.17, 15) is 8.42 Å². The van der Waals surface area contributed by atoms with Crippen LogP contribution < -0.4 is 19.8 Å². The van der Waals surface area contributed by atoms with Gasteiger partial charge in [0.2, 0.25) is 10.0 Å². The Morgan fingerprint density at radius 3 is 1.06 bits per heavy atom. The average molecular weight is 671 g/mol. The fraction of sp³-hybridized carbons (Fsp3) is 0.415. The second-order valence-electron chi connectivity index (χ2n) is 12.4. The van der Waals surface area contributed by atoms with E-state index >= 15 is 0 Å². The van der Waals surface area contributed by atoms with Gasteiger partial charge in [-0.3, -0.25) is 0 Å². The van der Waals surface area contributed by atoms with Crippen LogP contribution >= 0.6 is 0 Å². The maximum Gasteiger partial charge on any atom is 0.238 e. The highest BCUT2D eigenvalue weighted by atomic mass is 32.2. The summed E-state index contributed by atoms with van der Waals surface area (Å²) in [7, 11) is -3.53. The number of nitrogens with two attached hydrogens (primary N) is 1. The van der Waals surface area contributed by atoms with Gasteiger partial charge in [0.1, 0.15) is 0 Å². The van der Waals surface area contributed by atoms with Gasteiger partial charge in [0.25, 0.3) is 0 Å². The van der Waals surface area contributed by atoms with E-state index in [2.05, 4.69) is 132 Å². The van der Waals surface area contributed by atoms with E-state index in [4.69, 9.17) is 5.14 Å². The SMILES string of the molecule is CCN(CC)c1ccc(C)c(C(c2cc(N(CC)CC)ccc2C)c2cc(N(CC)CC)ccc2C)c1.Cc1ccccc1S(N)(=O)=O. The molecule has 0 saturated heterocycles. The van der Waals surface area contributed by atoms with Crippen LogP contribution in [0.2, 0.25) is 0 Å². The lowest BCUT2D eigenvalue weighted by molar-refractivity contribution is 0.597. The summed E-state index contributed by atoms with van der Waals surface area (Å²) in [4.78, 5) is 7.56. The number of sulfonamides is 1. The third-order valence-corrected chi connectivity index (χ3v) is 10.6. The molecule has 260 valence electrons. The molecule has 7 heteroatoms. The highest BCUT2D eigenvalue weighted by molar-refractivity contribution is 7.89. The summed E-state index contributed by atoms with van der Waals surface area (Å²) in [5, 5.41) is 4.93. The van der Waals surface area contributed by atoms with E-state index in [1.807, 2.05) is 0 Å². The van der Waals surface area contributed by atoms with Crippen molar-refractivity contribution in [1.82, 2.24) is 0 Å². The van der Waals surface area contributed by atoms with Gasteiger partial charge in [0, 0.05) is 62.2 Å². The van der Waals surface area contributed by atoms with Crippen LogP contribution in [0.25, 0.3) is 0 Å². The lowest BCUT2D eigenvalue weighted by Gasteiger charge is -2.30. The molecule has 0 fully saturated rings. The van der Waals surface area contributed by atoms with Crippen molar-refractivity contribution in [2.24, 2.45) is 5.14 Å². The van der Waals surface area contributed by atoms with Crippen LogP contribution in [0.15, 0.2) is 83.8 Å². The summed E-state index contributed by atoms with van der Waals surface area (Å²) >= 11 is 0. The molecule has 4 rings (SSSR count). The Balaban J connectivity index is 0.000000480. The van der Waals surface area contributed by atoms with E-state index in [-0.39, 0.29) is 10.8 Å². The number of aryl methyl sites for hydroxylation is 4. The van der Waals surface area contributed by atoms with E-state index in [1.54, 1.807) is 25.1 Å². The van der Waals surface area contributed by atoms with Crippen molar-refractivity contribution in [2.75, 3.05) is 54.0 Å². The van der Waals surface area contributed by atoms with Crippen LogP contribution in [-0.2, 0) is 10.0 Å². The Hall–Kier alpha value is -3.81. The van der Waals surface area contributed by atoms with Crippen molar-refractivity contribution in [1.29, 1.82) is 0 Å². The van der Waals surface area contributed by atoms with Gasteiger partial charge >= 0.3 is 0 Å². The number of hydrogen-bond acceptors (Lipinski definition) is 5. The van der Waals surface area contributed by atoms with E-state index < -0.39 is 10.0 Å². The summed E-state index contributed by atoms with van der Waals surface area (Å²) in [6.45, 7) is 28.1. The molecule has 0 bridgehead atoms. The monoisotopic (exact) mass is 670 g/mol. The Morgan fingerprint density at radius 1 is 0.500 bits per heavy atom. The van der Waals surface area contributed by atoms with Crippen LogP contribution in [0.3, 0.4) is 0 Å². The fourth-order valence-electron chi connectivity index (χ4n) is 6.55. The predicted molar refractivity (Wildman–Crippen MR) is 208 cm³/mol. The number of hydrogen-bond donors (Lipinski definition) is 1. The molecule has 6 nitrogen and oxygen atoms in total. The minimum absolute atomic E-state index is 0.168. The molecule has 0 aliphatic rings. The summed E-state index contributed by atoms with van der Waals surface area (Å²) in [5.74, 6) is 0.168. The lowest BCUT2D eigenvalue weighted by Crippen LogP contribution is -2.23. The minimum atomic E-state index is -3.53. The summed E-state index contributed by atoms with van der Waals surface area (Å²) < 4.78 is 21.7. The summed E-state index contributed by atoms with van der Waals surface area (Å²) in [5.41, 5.74) is 12.9. The molecule has 0 spiro atoms. The van der Waals surface area contributed by atoms with Crippen LogP contribution in [0, 0.1) is 27.7 Å². The van der Waals surface area contributed by atoms with Crippen molar-refractivity contribution in [3.63, 3.8) is 0 Å². The maximum absolute atomic E-state index is 10.8. The molecular weight excluding hydrogens is 613 g/mol. The normalized spacial score (nSPS) is 11.2. The van der Waals surface area contributed by atoms with Gasteiger partial charge in [0.05, 0.1) is 4.90 Å². The maximum atomic E-state index is 10.8. The molecule has 0 amide bonds. The zero-order chi connectivity index (χ0) is 35.6. The number of rotatable bonds is 13. The van der Waals surface area contributed by atoms with Gasteiger partial charge in [-0.1, -0.05) is 36.4 Å². The second kappa shape index (κ2) is 17.5. The van der Waals surface area contributed by atoms with Gasteiger partial charge in [-0.05, 0) is 151 Å². The first kappa shape index (κ1) is 38.6. The largest absolute Gasteiger partial charge is 0.372 e. The molecule has 0 aliphatic carbocycles. The van der Waals surface area contributed by atoms with Crippen LogP contribution in [-0.4, -0.2) is 47.7 Å². The van der Waals surface area contributed by atoms with E-state index in [0.717, 1.165) is 39.3 Å². The highest BCUT2D eigenvalue weighted by Crippen LogP contribution is 2.41. The van der Waals surface area contributed by atoms with Gasteiger partial charge in [-0.25, -0.2) is 13.6 Å². The second-order valence-corrected chi connectivity index (χ2v) is 13.9. The first-order chi connectivity index (χ1) is 22.8.